The molecule has 0 amide bonds. The van der Waals surface area contributed by atoms with Crippen molar-refractivity contribution in [3.05, 3.63) is 35.9 Å². The summed E-state index contributed by atoms with van der Waals surface area (Å²) in [6.45, 7) is 3.19. The Bertz CT molecular complexity index is 338. The number of benzene rings is 1. The molecule has 3 aliphatic heterocycles. The molecule has 0 spiro atoms. The van der Waals surface area contributed by atoms with Crippen molar-refractivity contribution in [1.82, 2.24) is 4.90 Å². The standard InChI is InChI=1S/C13H17NO/c15-13-9-14-7-6-11(13)12(8-14)10-4-2-1-3-5-10/h1-5,11-13,15H,6-9H2. The van der Waals surface area contributed by atoms with Gasteiger partial charge in [-0.1, -0.05) is 30.3 Å². The second-order valence-corrected chi connectivity index (χ2v) is 4.80. The molecule has 3 aliphatic rings. The van der Waals surface area contributed by atoms with Crippen LogP contribution >= 0.6 is 0 Å². The van der Waals surface area contributed by atoms with Crippen molar-refractivity contribution in [3.8, 4) is 0 Å². The van der Waals surface area contributed by atoms with Crippen molar-refractivity contribution in [2.24, 2.45) is 5.92 Å². The van der Waals surface area contributed by atoms with Crippen molar-refractivity contribution in [3.63, 3.8) is 0 Å². The number of hydrogen-bond acceptors (Lipinski definition) is 2. The van der Waals surface area contributed by atoms with E-state index in [9.17, 15) is 5.11 Å². The van der Waals surface area contributed by atoms with Gasteiger partial charge in [-0.15, -0.1) is 0 Å². The highest BCUT2D eigenvalue weighted by molar-refractivity contribution is 5.23. The normalized spacial score (nSPS) is 39.3. The third-order valence-corrected chi connectivity index (χ3v) is 3.92. The number of piperidine rings is 3. The number of nitrogens with zero attached hydrogens (tertiary/aromatic N) is 1. The quantitative estimate of drug-likeness (QED) is 0.747. The summed E-state index contributed by atoms with van der Waals surface area (Å²) >= 11 is 0. The van der Waals surface area contributed by atoms with E-state index in [1.165, 1.54) is 12.1 Å². The van der Waals surface area contributed by atoms with E-state index in [-0.39, 0.29) is 6.10 Å². The molecule has 1 N–H and O–H groups in total. The van der Waals surface area contributed by atoms with Crippen LogP contribution in [0.3, 0.4) is 0 Å². The molecule has 3 heterocycles. The van der Waals surface area contributed by atoms with Gasteiger partial charge in [-0.2, -0.15) is 0 Å². The van der Waals surface area contributed by atoms with E-state index in [2.05, 4.69) is 35.2 Å². The lowest BCUT2D eigenvalue weighted by molar-refractivity contribution is -0.0373. The van der Waals surface area contributed by atoms with E-state index in [0.29, 0.717) is 11.8 Å². The monoisotopic (exact) mass is 203 g/mol. The first-order chi connectivity index (χ1) is 7.34. The van der Waals surface area contributed by atoms with E-state index in [1.807, 2.05) is 0 Å². The summed E-state index contributed by atoms with van der Waals surface area (Å²) in [4.78, 5) is 2.39. The molecule has 1 aromatic rings. The number of rotatable bonds is 1. The number of aliphatic hydroxyl groups excluding tert-OH is 1. The van der Waals surface area contributed by atoms with Crippen LogP contribution in [0.1, 0.15) is 17.9 Å². The smallest absolute Gasteiger partial charge is 0.0702 e. The molecule has 2 heteroatoms. The molecule has 4 rings (SSSR count). The van der Waals surface area contributed by atoms with Gasteiger partial charge in [0.1, 0.15) is 0 Å². The van der Waals surface area contributed by atoms with Crippen LogP contribution in [-0.2, 0) is 0 Å². The minimum Gasteiger partial charge on any atom is -0.391 e. The van der Waals surface area contributed by atoms with Gasteiger partial charge in [0, 0.05) is 19.0 Å². The molecule has 0 aromatic heterocycles. The zero-order valence-corrected chi connectivity index (χ0v) is 8.84. The van der Waals surface area contributed by atoms with Crippen LogP contribution in [0.15, 0.2) is 30.3 Å². The van der Waals surface area contributed by atoms with Crippen LogP contribution in [0.25, 0.3) is 0 Å². The Balaban J connectivity index is 1.88. The lowest BCUT2D eigenvalue weighted by Crippen LogP contribution is -2.54. The van der Waals surface area contributed by atoms with Crippen molar-refractivity contribution in [2.75, 3.05) is 19.6 Å². The molecule has 1 aromatic carbocycles. The van der Waals surface area contributed by atoms with Crippen LogP contribution in [-0.4, -0.2) is 35.7 Å². The maximum absolute atomic E-state index is 9.99. The Morgan fingerprint density at radius 3 is 2.60 bits per heavy atom. The summed E-state index contributed by atoms with van der Waals surface area (Å²) < 4.78 is 0. The number of aliphatic hydroxyl groups is 1. The molecular weight excluding hydrogens is 186 g/mol. The van der Waals surface area contributed by atoms with Gasteiger partial charge >= 0.3 is 0 Å². The van der Waals surface area contributed by atoms with Crippen molar-refractivity contribution < 1.29 is 5.11 Å². The first kappa shape index (κ1) is 9.37. The SMILES string of the molecule is OC1CN2CCC1C(c1ccccc1)C2. The highest BCUT2D eigenvalue weighted by Gasteiger charge is 2.40. The molecule has 15 heavy (non-hydrogen) atoms. The minimum atomic E-state index is -0.113. The minimum absolute atomic E-state index is 0.113. The molecule has 4 unspecified atom stereocenters. The third-order valence-electron chi connectivity index (χ3n) is 3.92. The van der Waals surface area contributed by atoms with Crippen molar-refractivity contribution in [1.29, 1.82) is 0 Å². The van der Waals surface area contributed by atoms with Crippen LogP contribution in [0.4, 0.5) is 0 Å². The molecule has 0 aliphatic carbocycles. The van der Waals surface area contributed by atoms with Gasteiger partial charge in [-0.05, 0) is 24.4 Å². The molecule has 3 fully saturated rings. The molecule has 80 valence electrons. The van der Waals surface area contributed by atoms with Crippen molar-refractivity contribution >= 4 is 0 Å². The van der Waals surface area contributed by atoms with E-state index >= 15 is 0 Å². The van der Waals surface area contributed by atoms with Gasteiger partial charge in [0.2, 0.25) is 0 Å². The van der Waals surface area contributed by atoms with E-state index < -0.39 is 0 Å². The van der Waals surface area contributed by atoms with Crippen LogP contribution in [0.5, 0.6) is 0 Å². The Morgan fingerprint density at radius 2 is 1.93 bits per heavy atom. The zero-order chi connectivity index (χ0) is 10.3. The zero-order valence-electron chi connectivity index (χ0n) is 8.84. The van der Waals surface area contributed by atoms with E-state index in [0.717, 1.165) is 19.5 Å². The van der Waals surface area contributed by atoms with Crippen LogP contribution in [0, 0.1) is 5.92 Å². The predicted octanol–water partition coefficient (Wildman–Crippen LogP) is 1.47. The van der Waals surface area contributed by atoms with Gasteiger partial charge in [-0.25, -0.2) is 0 Å². The second kappa shape index (κ2) is 3.62. The molecule has 3 saturated heterocycles. The molecule has 2 bridgehead atoms. The van der Waals surface area contributed by atoms with Crippen molar-refractivity contribution in [2.45, 2.75) is 18.4 Å². The molecule has 0 radical (unpaired) electrons. The summed E-state index contributed by atoms with van der Waals surface area (Å²) in [6, 6.07) is 10.6. The van der Waals surface area contributed by atoms with E-state index in [1.54, 1.807) is 0 Å². The summed E-state index contributed by atoms with van der Waals surface area (Å²) in [5.41, 5.74) is 1.39. The maximum atomic E-state index is 9.99. The largest absolute Gasteiger partial charge is 0.391 e. The molecule has 0 saturated carbocycles. The van der Waals surface area contributed by atoms with Crippen LogP contribution in [0.2, 0.25) is 0 Å². The predicted molar refractivity (Wildman–Crippen MR) is 59.7 cm³/mol. The topological polar surface area (TPSA) is 23.5 Å². The highest BCUT2D eigenvalue weighted by atomic mass is 16.3. The average Bonchev–Trinajstić information content (AvgIpc) is 2.30. The number of fused-ring (bicyclic) bond motifs is 3. The first-order valence-electron chi connectivity index (χ1n) is 5.80. The summed E-state index contributed by atoms with van der Waals surface area (Å²) in [7, 11) is 0. The lowest BCUT2D eigenvalue weighted by Gasteiger charge is -2.48. The fourth-order valence-electron chi connectivity index (χ4n) is 3.12. The summed E-state index contributed by atoms with van der Waals surface area (Å²) in [5.74, 6) is 1.03. The Hall–Kier alpha value is -0.860. The summed E-state index contributed by atoms with van der Waals surface area (Å²) in [6.07, 6.45) is 1.04. The van der Waals surface area contributed by atoms with E-state index in [4.69, 9.17) is 0 Å². The lowest BCUT2D eigenvalue weighted by atomic mass is 9.74. The fraction of sp³-hybridized carbons (Fsp3) is 0.538. The van der Waals surface area contributed by atoms with Gasteiger partial charge in [0.05, 0.1) is 6.10 Å². The Kier molecular flexibility index (Phi) is 2.26. The molecular formula is C13H17NO. The Morgan fingerprint density at radius 1 is 1.13 bits per heavy atom. The number of hydrogen-bond donors (Lipinski definition) is 1. The average molecular weight is 203 g/mol. The van der Waals surface area contributed by atoms with Gasteiger partial charge in [0.25, 0.3) is 0 Å². The van der Waals surface area contributed by atoms with Crippen LogP contribution < -0.4 is 0 Å². The van der Waals surface area contributed by atoms with Gasteiger partial charge < -0.3 is 10.0 Å². The molecule has 2 nitrogen and oxygen atoms in total. The third kappa shape index (κ3) is 1.58. The first-order valence-corrected chi connectivity index (χ1v) is 5.80. The van der Waals surface area contributed by atoms with Gasteiger partial charge in [-0.3, -0.25) is 0 Å². The molecule has 4 atom stereocenters. The maximum Gasteiger partial charge on any atom is 0.0702 e. The Labute approximate surface area is 90.5 Å². The highest BCUT2D eigenvalue weighted by Crippen LogP contribution is 2.38. The summed E-state index contributed by atoms with van der Waals surface area (Å²) in [5, 5.41) is 9.99. The van der Waals surface area contributed by atoms with Gasteiger partial charge in [0.15, 0.2) is 0 Å². The second-order valence-electron chi connectivity index (χ2n) is 4.80. The fourth-order valence-corrected chi connectivity index (χ4v) is 3.12.